The largest absolute Gasteiger partial charge is 0.450 e. The zero-order valence-electron chi connectivity index (χ0n) is 17.8. The highest BCUT2D eigenvalue weighted by atomic mass is 32.1. The average molecular weight is 490 g/mol. The number of thiophene rings is 2. The number of carbonyl (C=O) groups is 1. The van der Waals surface area contributed by atoms with Gasteiger partial charge in [0.25, 0.3) is 0 Å². The SMILES string of the molecule is CCOCOCCc1ccsc1-c1ccc(-c2sccc2NC(=O)OCC)c2nsnc12. The Balaban J connectivity index is 1.62. The summed E-state index contributed by atoms with van der Waals surface area (Å²) in [4.78, 5) is 14.0. The number of rotatable bonds is 10. The van der Waals surface area contributed by atoms with Gasteiger partial charge in [0.05, 0.1) is 35.5 Å². The van der Waals surface area contributed by atoms with Gasteiger partial charge in [0.15, 0.2) is 0 Å². The van der Waals surface area contributed by atoms with Gasteiger partial charge < -0.3 is 14.2 Å². The third kappa shape index (κ3) is 5.00. The molecule has 7 nitrogen and oxygen atoms in total. The van der Waals surface area contributed by atoms with Crippen molar-refractivity contribution in [3.05, 3.63) is 40.6 Å². The van der Waals surface area contributed by atoms with Crippen LogP contribution >= 0.6 is 34.4 Å². The lowest BCUT2D eigenvalue weighted by Gasteiger charge is -2.10. The van der Waals surface area contributed by atoms with E-state index in [1.54, 1.807) is 29.6 Å². The number of nitrogens with zero attached hydrogens (tertiary/aromatic N) is 2. The lowest BCUT2D eigenvalue weighted by atomic mass is 10.0. The van der Waals surface area contributed by atoms with E-state index in [0.717, 1.165) is 33.5 Å². The smallest absolute Gasteiger partial charge is 0.411 e. The minimum absolute atomic E-state index is 0.313. The third-order valence-electron chi connectivity index (χ3n) is 4.72. The van der Waals surface area contributed by atoms with E-state index in [-0.39, 0.29) is 0 Å². The summed E-state index contributed by atoms with van der Waals surface area (Å²) in [6.45, 7) is 5.60. The summed E-state index contributed by atoms with van der Waals surface area (Å²) in [6, 6.07) is 8.14. The number of fused-ring (bicyclic) bond motifs is 1. The second-order valence-electron chi connectivity index (χ2n) is 6.67. The van der Waals surface area contributed by atoms with Crippen LogP contribution in [0.5, 0.6) is 0 Å². The van der Waals surface area contributed by atoms with E-state index in [2.05, 4.69) is 37.6 Å². The van der Waals surface area contributed by atoms with Crippen LogP contribution in [-0.2, 0) is 20.6 Å². The van der Waals surface area contributed by atoms with Crippen LogP contribution < -0.4 is 5.32 Å². The van der Waals surface area contributed by atoms with Crippen molar-refractivity contribution in [1.29, 1.82) is 0 Å². The van der Waals surface area contributed by atoms with Crippen LogP contribution in [0.2, 0.25) is 0 Å². The molecular weight excluding hydrogens is 466 g/mol. The molecule has 3 heterocycles. The first kappa shape index (κ1) is 22.8. The molecule has 1 amide bonds. The van der Waals surface area contributed by atoms with E-state index in [4.69, 9.17) is 14.2 Å². The number of aromatic nitrogens is 2. The predicted octanol–water partition coefficient (Wildman–Crippen LogP) is 6.27. The maximum absolute atomic E-state index is 11.9. The van der Waals surface area contributed by atoms with Gasteiger partial charge in [-0.2, -0.15) is 8.75 Å². The van der Waals surface area contributed by atoms with Crippen molar-refractivity contribution in [3.8, 4) is 20.9 Å². The third-order valence-corrected chi connectivity index (χ3v) is 7.18. The number of carbonyl (C=O) groups excluding carboxylic acids is 1. The van der Waals surface area contributed by atoms with Gasteiger partial charge in [0.2, 0.25) is 0 Å². The van der Waals surface area contributed by atoms with Crippen LogP contribution in [0.15, 0.2) is 35.0 Å². The molecule has 1 aromatic carbocycles. The van der Waals surface area contributed by atoms with Gasteiger partial charge in [-0.1, -0.05) is 12.1 Å². The Morgan fingerprint density at radius 1 is 0.938 bits per heavy atom. The molecule has 32 heavy (non-hydrogen) atoms. The number of hydrogen-bond donors (Lipinski definition) is 1. The van der Waals surface area contributed by atoms with E-state index in [1.807, 2.05) is 18.4 Å². The zero-order chi connectivity index (χ0) is 22.3. The fraction of sp³-hybridized carbons (Fsp3) is 0.318. The lowest BCUT2D eigenvalue weighted by molar-refractivity contribution is -0.0481. The van der Waals surface area contributed by atoms with Crippen LogP contribution in [0.25, 0.3) is 31.9 Å². The molecule has 0 atom stereocenters. The van der Waals surface area contributed by atoms with Gasteiger partial charge in [0.1, 0.15) is 17.8 Å². The summed E-state index contributed by atoms with van der Waals surface area (Å²) in [7, 11) is 0. The Morgan fingerprint density at radius 3 is 2.41 bits per heavy atom. The fourth-order valence-corrected chi connectivity index (χ4v) is 5.71. The fourth-order valence-electron chi connectivity index (χ4n) is 3.28. The van der Waals surface area contributed by atoms with Crippen molar-refractivity contribution in [2.75, 3.05) is 31.9 Å². The van der Waals surface area contributed by atoms with E-state index < -0.39 is 6.09 Å². The van der Waals surface area contributed by atoms with Gasteiger partial charge in [-0.3, -0.25) is 5.32 Å². The number of anilines is 1. The highest BCUT2D eigenvalue weighted by Crippen LogP contribution is 2.42. The van der Waals surface area contributed by atoms with Crippen LogP contribution in [0.3, 0.4) is 0 Å². The molecule has 0 radical (unpaired) electrons. The molecule has 0 bridgehead atoms. The first-order chi connectivity index (χ1) is 15.7. The normalized spacial score (nSPS) is 11.2. The molecule has 0 spiro atoms. The quantitative estimate of drug-likeness (QED) is 0.209. The van der Waals surface area contributed by atoms with Crippen molar-refractivity contribution < 1.29 is 19.0 Å². The second kappa shape index (κ2) is 11.0. The molecule has 3 aromatic heterocycles. The minimum Gasteiger partial charge on any atom is -0.450 e. The molecule has 4 rings (SSSR count). The molecule has 0 aliphatic carbocycles. The van der Waals surface area contributed by atoms with E-state index in [0.29, 0.717) is 32.3 Å². The van der Waals surface area contributed by atoms with Crippen LogP contribution in [0.1, 0.15) is 19.4 Å². The standard InChI is InChI=1S/C22H23N3O4S3/c1-3-27-13-28-10-7-14-8-11-30-20(14)15-5-6-16(19-18(15)24-32-25-19)21-17(9-12-31-21)23-22(26)29-4-2/h5-6,8-9,11-12H,3-4,7,10,13H2,1-2H3,(H,23,26). The highest BCUT2D eigenvalue weighted by Gasteiger charge is 2.19. The Morgan fingerprint density at radius 2 is 1.66 bits per heavy atom. The van der Waals surface area contributed by atoms with Crippen LogP contribution in [0, 0.1) is 0 Å². The van der Waals surface area contributed by atoms with Crippen molar-refractivity contribution in [1.82, 2.24) is 8.75 Å². The number of amides is 1. The number of benzene rings is 1. The molecule has 0 fully saturated rings. The Kier molecular flexibility index (Phi) is 7.82. The summed E-state index contributed by atoms with van der Waals surface area (Å²) >= 11 is 4.43. The molecule has 4 aromatic rings. The Hall–Kier alpha value is -2.37. The van der Waals surface area contributed by atoms with Crippen LogP contribution in [-0.4, -0.2) is 41.5 Å². The second-order valence-corrected chi connectivity index (χ2v) is 9.04. The molecule has 0 saturated heterocycles. The molecule has 168 valence electrons. The van der Waals surface area contributed by atoms with Gasteiger partial charge in [-0.05, 0) is 48.7 Å². The zero-order valence-corrected chi connectivity index (χ0v) is 20.2. The summed E-state index contributed by atoms with van der Waals surface area (Å²) in [6.07, 6.45) is 0.330. The first-order valence-corrected chi connectivity index (χ1v) is 12.7. The minimum atomic E-state index is -0.466. The molecule has 10 heteroatoms. The van der Waals surface area contributed by atoms with Gasteiger partial charge in [-0.25, -0.2) is 4.79 Å². The summed E-state index contributed by atoms with van der Waals surface area (Å²) < 4.78 is 25.0. The van der Waals surface area contributed by atoms with E-state index in [9.17, 15) is 4.79 Å². The Bertz CT molecular complexity index is 1180. The van der Waals surface area contributed by atoms with Crippen LogP contribution in [0.4, 0.5) is 10.5 Å². The van der Waals surface area contributed by atoms with Gasteiger partial charge in [-0.15, -0.1) is 22.7 Å². The predicted molar refractivity (Wildman–Crippen MR) is 131 cm³/mol. The average Bonchev–Trinajstić information content (AvgIpc) is 3.54. The molecule has 0 aliphatic rings. The van der Waals surface area contributed by atoms with Gasteiger partial charge in [0, 0.05) is 22.6 Å². The van der Waals surface area contributed by atoms with E-state index in [1.165, 1.54) is 22.2 Å². The van der Waals surface area contributed by atoms with Crippen molar-refractivity contribution in [2.24, 2.45) is 0 Å². The number of nitrogens with one attached hydrogen (secondary N) is 1. The summed E-state index contributed by atoms with van der Waals surface area (Å²) in [5, 5.41) is 6.85. The highest BCUT2D eigenvalue weighted by molar-refractivity contribution is 7.14. The van der Waals surface area contributed by atoms with Crippen molar-refractivity contribution >= 4 is 57.2 Å². The first-order valence-electron chi connectivity index (χ1n) is 10.2. The lowest BCUT2D eigenvalue weighted by Crippen LogP contribution is -2.13. The topological polar surface area (TPSA) is 82.6 Å². The monoisotopic (exact) mass is 489 g/mol. The molecule has 0 unspecified atom stereocenters. The van der Waals surface area contributed by atoms with Crippen molar-refractivity contribution in [2.45, 2.75) is 20.3 Å². The summed E-state index contributed by atoms with van der Waals surface area (Å²) in [5.74, 6) is 0. The molecular formula is C22H23N3O4S3. The summed E-state index contributed by atoms with van der Waals surface area (Å²) in [5.41, 5.74) is 5.62. The molecule has 0 aliphatic heterocycles. The Labute approximate surface area is 198 Å². The number of ether oxygens (including phenoxy) is 3. The van der Waals surface area contributed by atoms with Gasteiger partial charge >= 0.3 is 6.09 Å². The molecule has 1 N–H and O–H groups in total. The maximum atomic E-state index is 11.9. The van der Waals surface area contributed by atoms with E-state index >= 15 is 0 Å². The van der Waals surface area contributed by atoms with Crippen molar-refractivity contribution in [3.63, 3.8) is 0 Å². The maximum Gasteiger partial charge on any atom is 0.411 e. The number of hydrogen-bond acceptors (Lipinski definition) is 9. The molecule has 0 saturated carbocycles.